The number of alkyl carbamates (subject to hydrolysis) is 1. The van der Waals surface area contributed by atoms with E-state index >= 15 is 0 Å². The number of carboxylic acid groups (broad SMARTS) is 1. The van der Waals surface area contributed by atoms with Gasteiger partial charge in [0, 0.05) is 12.5 Å². The van der Waals surface area contributed by atoms with E-state index < -0.39 is 30.6 Å². The smallest absolute Gasteiger partial charge is 0.407 e. The van der Waals surface area contributed by atoms with Crippen molar-refractivity contribution in [1.29, 1.82) is 0 Å². The van der Waals surface area contributed by atoms with Gasteiger partial charge in [0.1, 0.15) is 19.2 Å². The van der Waals surface area contributed by atoms with Crippen molar-refractivity contribution in [2.24, 2.45) is 0 Å². The highest BCUT2D eigenvalue weighted by Gasteiger charge is 2.30. The van der Waals surface area contributed by atoms with E-state index in [4.69, 9.17) is 4.74 Å². The number of rotatable bonds is 9. The van der Waals surface area contributed by atoms with Crippen molar-refractivity contribution >= 4 is 18.0 Å². The Morgan fingerprint density at radius 2 is 1.49 bits per heavy atom. The van der Waals surface area contributed by atoms with E-state index in [-0.39, 0.29) is 19.1 Å². The van der Waals surface area contributed by atoms with Crippen LogP contribution in [0.5, 0.6) is 0 Å². The maximum Gasteiger partial charge on any atom is 0.407 e. The van der Waals surface area contributed by atoms with Crippen LogP contribution < -0.4 is 5.32 Å². The third-order valence-corrected chi connectivity index (χ3v) is 6.20. The molecule has 1 aliphatic rings. The maximum absolute atomic E-state index is 13.1. The number of ether oxygens (including phenoxy) is 1. The van der Waals surface area contributed by atoms with Crippen LogP contribution in [0.3, 0.4) is 0 Å². The van der Waals surface area contributed by atoms with Crippen LogP contribution in [0.4, 0.5) is 4.79 Å². The van der Waals surface area contributed by atoms with E-state index in [2.05, 4.69) is 17.4 Å². The Morgan fingerprint density at radius 3 is 2.06 bits per heavy atom. The molecule has 3 aromatic carbocycles. The lowest BCUT2D eigenvalue weighted by Gasteiger charge is -2.26. The van der Waals surface area contributed by atoms with Crippen LogP contribution in [0.15, 0.2) is 78.9 Å². The zero-order chi connectivity index (χ0) is 24.8. The summed E-state index contributed by atoms with van der Waals surface area (Å²) in [4.78, 5) is 38.4. The number of amides is 2. The van der Waals surface area contributed by atoms with Gasteiger partial charge in [0.05, 0.1) is 0 Å². The van der Waals surface area contributed by atoms with E-state index in [1.165, 1.54) is 4.90 Å². The van der Waals surface area contributed by atoms with E-state index in [1.54, 1.807) is 6.92 Å². The van der Waals surface area contributed by atoms with Crippen molar-refractivity contribution in [2.75, 3.05) is 13.2 Å². The summed E-state index contributed by atoms with van der Waals surface area (Å²) >= 11 is 0. The van der Waals surface area contributed by atoms with Gasteiger partial charge in [0.15, 0.2) is 0 Å². The van der Waals surface area contributed by atoms with Crippen LogP contribution >= 0.6 is 0 Å². The molecule has 1 aliphatic carbocycles. The second kappa shape index (κ2) is 10.9. The number of carboxylic acids is 1. The number of fused-ring (bicyclic) bond motifs is 3. The van der Waals surface area contributed by atoms with Crippen LogP contribution in [0, 0.1) is 0 Å². The van der Waals surface area contributed by atoms with Crippen LogP contribution in [-0.4, -0.2) is 47.2 Å². The van der Waals surface area contributed by atoms with Crippen molar-refractivity contribution in [1.82, 2.24) is 10.2 Å². The first kappa shape index (κ1) is 24.0. The van der Waals surface area contributed by atoms with Crippen LogP contribution in [-0.2, 0) is 20.9 Å². The zero-order valence-corrected chi connectivity index (χ0v) is 19.5. The second-order valence-corrected chi connectivity index (χ2v) is 8.50. The summed E-state index contributed by atoms with van der Waals surface area (Å²) in [6.07, 6.45) is -0.407. The fourth-order valence-corrected chi connectivity index (χ4v) is 4.52. The molecule has 35 heavy (non-hydrogen) atoms. The number of carbonyl (C=O) groups excluding carboxylic acids is 2. The minimum Gasteiger partial charge on any atom is -0.480 e. The fraction of sp³-hybridized carbons (Fsp3) is 0.250. The van der Waals surface area contributed by atoms with Gasteiger partial charge < -0.3 is 20.1 Å². The lowest BCUT2D eigenvalue weighted by atomic mass is 9.98. The Kier molecular flexibility index (Phi) is 7.45. The molecule has 0 bridgehead atoms. The lowest BCUT2D eigenvalue weighted by molar-refractivity contribution is -0.145. The molecule has 0 aliphatic heterocycles. The van der Waals surface area contributed by atoms with Crippen molar-refractivity contribution in [3.63, 3.8) is 0 Å². The summed E-state index contributed by atoms with van der Waals surface area (Å²) in [6, 6.07) is 24.3. The molecule has 1 atom stereocenters. The highest BCUT2D eigenvalue weighted by Crippen LogP contribution is 2.44. The van der Waals surface area contributed by atoms with Gasteiger partial charge in [-0.25, -0.2) is 4.79 Å². The van der Waals surface area contributed by atoms with Crippen LogP contribution in [0.1, 0.15) is 36.0 Å². The predicted molar refractivity (Wildman–Crippen MR) is 132 cm³/mol. The van der Waals surface area contributed by atoms with Gasteiger partial charge in [-0.2, -0.15) is 0 Å². The highest BCUT2D eigenvalue weighted by molar-refractivity contribution is 5.88. The molecular weight excluding hydrogens is 444 g/mol. The number of hydrogen-bond acceptors (Lipinski definition) is 4. The molecule has 4 rings (SSSR count). The zero-order valence-electron chi connectivity index (χ0n) is 19.5. The number of carbonyl (C=O) groups is 3. The molecule has 0 spiro atoms. The molecule has 2 amide bonds. The number of benzene rings is 3. The Labute approximate surface area is 204 Å². The van der Waals surface area contributed by atoms with Gasteiger partial charge in [-0.3, -0.25) is 9.59 Å². The number of nitrogens with one attached hydrogen (secondary N) is 1. The Bertz CT molecular complexity index is 1170. The minimum absolute atomic E-state index is 0.0921. The summed E-state index contributed by atoms with van der Waals surface area (Å²) in [5.74, 6) is -1.68. The van der Waals surface area contributed by atoms with E-state index in [0.29, 0.717) is 6.42 Å². The Morgan fingerprint density at radius 1 is 0.914 bits per heavy atom. The Hall–Kier alpha value is -4.13. The average Bonchev–Trinajstić information content (AvgIpc) is 3.19. The van der Waals surface area contributed by atoms with Gasteiger partial charge in [-0.05, 0) is 34.2 Å². The largest absolute Gasteiger partial charge is 0.480 e. The number of nitrogens with zero attached hydrogens (tertiary/aromatic N) is 1. The van der Waals surface area contributed by atoms with Crippen molar-refractivity contribution in [3.05, 3.63) is 95.6 Å². The summed E-state index contributed by atoms with van der Waals surface area (Å²) < 4.78 is 5.56. The number of aliphatic carboxylic acids is 1. The molecular formula is C28H28N2O5. The van der Waals surface area contributed by atoms with Gasteiger partial charge in [0.2, 0.25) is 5.91 Å². The second-order valence-electron chi connectivity index (χ2n) is 8.50. The molecule has 0 saturated heterocycles. The molecule has 3 aromatic rings. The third-order valence-electron chi connectivity index (χ3n) is 6.20. The van der Waals surface area contributed by atoms with E-state index in [0.717, 1.165) is 27.8 Å². The molecule has 0 radical (unpaired) electrons. The monoisotopic (exact) mass is 472 g/mol. The summed E-state index contributed by atoms with van der Waals surface area (Å²) in [5, 5.41) is 11.9. The van der Waals surface area contributed by atoms with Crippen LogP contribution in [0.25, 0.3) is 11.1 Å². The first-order valence-electron chi connectivity index (χ1n) is 11.6. The standard InChI is InChI=1S/C28H28N2O5/c1-2-25(27(33)30(17-26(31)32)16-19-10-4-3-5-11-19)29-28(34)35-18-24-22-14-8-6-12-20(22)21-13-7-9-15-23(21)24/h3-15,24-25H,2,16-18H2,1H3,(H,29,34)(H,31,32). The number of hydrogen-bond donors (Lipinski definition) is 2. The van der Waals surface area contributed by atoms with Crippen molar-refractivity contribution in [3.8, 4) is 11.1 Å². The van der Waals surface area contributed by atoms with Gasteiger partial charge in [-0.1, -0.05) is 85.8 Å². The summed E-state index contributed by atoms with van der Waals surface area (Å²) in [7, 11) is 0. The first-order chi connectivity index (χ1) is 17.0. The predicted octanol–water partition coefficient (Wildman–Crippen LogP) is 4.42. The molecule has 7 heteroatoms. The minimum atomic E-state index is -1.12. The molecule has 180 valence electrons. The molecule has 0 fully saturated rings. The SMILES string of the molecule is CCC(NC(=O)OCC1c2ccccc2-c2ccccc21)C(=O)N(CC(=O)O)Cc1ccccc1. The van der Waals surface area contributed by atoms with E-state index in [9.17, 15) is 19.5 Å². The van der Waals surface area contributed by atoms with Gasteiger partial charge >= 0.3 is 12.1 Å². The quantitative estimate of drug-likeness (QED) is 0.481. The molecule has 7 nitrogen and oxygen atoms in total. The summed E-state index contributed by atoms with van der Waals surface area (Å²) in [6.45, 7) is 1.56. The van der Waals surface area contributed by atoms with E-state index in [1.807, 2.05) is 66.7 Å². The van der Waals surface area contributed by atoms with Crippen LogP contribution in [0.2, 0.25) is 0 Å². The molecule has 0 aromatic heterocycles. The highest BCUT2D eigenvalue weighted by atomic mass is 16.5. The topological polar surface area (TPSA) is 95.9 Å². The molecule has 0 saturated carbocycles. The van der Waals surface area contributed by atoms with Crippen molar-refractivity contribution < 1.29 is 24.2 Å². The lowest BCUT2D eigenvalue weighted by Crippen LogP contribution is -2.49. The van der Waals surface area contributed by atoms with Gasteiger partial charge in [-0.15, -0.1) is 0 Å². The van der Waals surface area contributed by atoms with Gasteiger partial charge in [0.25, 0.3) is 0 Å². The Balaban J connectivity index is 1.42. The third kappa shape index (κ3) is 5.51. The molecule has 1 unspecified atom stereocenters. The molecule has 0 heterocycles. The maximum atomic E-state index is 13.1. The first-order valence-corrected chi connectivity index (χ1v) is 11.6. The normalized spacial score (nSPS) is 12.8. The summed E-state index contributed by atoms with van der Waals surface area (Å²) in [5.41, 5.74) is 5.26. The molecule has 2 N–H and O–H groups in total. The average molecular weight is 473 g/mol. The van der Waals surface area contributed by atoms with Crippen molar-refractivity contribution in [2.45, 2.75) is 31.8 Å². The fourth-order valence-electron chi connectivity index (χ4n) is 4.52.